The summed E-state index contributed by atoms with van der Waals surface area (Å²) in [5, 5.41) is 0. The number of benzene rings is 1. The monoisotopic (exact) mass is 210 g/mol. The minimum Gasteiger partial charge on any atom is -0.330 e. The van der Waals surface area contributed by atoms with Crippen LogP contribution < -0.4 is 11.5 Å². The summed E-state index contributed by atoms with van der Waals surface area (Å²) < 4.78 is 0. The maximum Gasteiger partial charge on any atom is 0.0295 e. The maximum absolute atomic E-state index is 6.01. The van der Waals surface area contributed by atoms with Crippen LogP contribution in [0.5, 0.6) is 0 Å². The van der Waals surface area contributed by atoms with Crippen LogP contribution in [0.2, 0.25) is 0 Å². The van der Waals surface area contributed by atoms with Crippen molar-refractivity contribution >= 4 is 11.8 Å². The van der Waals surface area contributed by atoms with Gasteiger partial charge >= 0.3 is 0 Å². The van der Waals surface area contributed by atoms with Crippen LogP contribution in [0.15, 0.2) is 29.2 Å². The lowest BCUT2D eigenvalue weighted by Crippen LogP contribution is -2.12. The highest BCUT2D eigenvalue weighted by Gasteiger charge is 2.04. The molecule has 4 N–H and O–H groups in total. The zero-order valence-corrected chi connectivity index (χ0v) is 9.39. The van der Waals surface area contributed by atoms with E-state index in [1.54, 1.807) is 11.8 Å². The van der Waals surface area contributed by atoms with Crippen LogP contribution in [0.25, 0.3) is 0 Å². The summed E-state index contributed by atoms with van der Waals surface area (Å²) in [7, 11) is 0. The third kappa shape index (κ3) is 3.33. The van der Waals surface area contributed by atoms with Gasteiger partial charge in [-0.05, 0) is 43.3 Å². The second-order valence-corrected chi connectivity index (χ2v) is 4.19. The fourth-order valence-corrected chi connectivity index (χ4v) is 1.76. The molecule has 14 heavy (non-hydrogen) atoms. The Morgan fingerprint density at radius 2 is 1.93 bits per heavy atom. The molecule has 0 amide bonds. The minimum atomic E-state index is 0.134. The summed E-state index contributed by atoms with van der Waals surface area (Å²) in [5.74, 6) is 0. The van der Waals surface area contributed by atoms with E-state index in [0.717, 1.165) is 19.4 Å². The zero-order chi connectivity index (χ0) is 10.4. The summed E-state index contributed by atoms with van der Waals surface area (Å²) in [6, 6.07) is 8.57. The molecular weight excluding hydrogens is 192 g/mol. The number of thioether (sulfide) groups is 1. The Bertz CT molecular complexity index is 258. The van der Waals surface area contributed by atoms with Gasteiger partial charge in [0.2, 0.25) is 0 Å². The lowest BCUT2D eigenvalue weighted by atomic mass is 10.0. The van der Waals surface area contributed by atoms with Crippen LogP contribution in [-0.4, -0.2) is 12.8 Å². The first-order valence-electron chi connectivity index (χ1n) is 4.87. The Balaban J connectivity index is 2.57. The van der Waals surface area contributed by atoms with Crippen LogP contribution >= 0.6 is 11.8 Å². The van der Waals surface area contributed by atoms with Crippen molar-refractivity contribution in [1.82, 2.24) is 0 Å². The van der Waals surface area contributed by atoms with Gasteiger partial charge in [-0.25, -0.2) is 0 Å². The van der Waals surface area contributed by atoms with Gasteiger partial charge in [-0.15, -0.1) is 11.8 Å². The van der Waals surface area contributed by atoms with Crippen LogP contribution in [-0.2, 0) is 0 Å². The second kappa shape index (κ2) is 6.06. The molecule has 3 heteroatoms. The molecule has 0 heterocycles. The SMILES string of the molecule is CSc1ccc([C@@H](N)CCCN)cc1. The first-order valence-corrected chi connectivity index (χ1v) is 6.10. The van der Waals surface area contributed by atoms with E-state index in [1.165, 1.54) is 10.5 Å². The number of rotatable bonds is 5. The normalized spacial score (nSPS) is 12.8. The van der Waals surface area contributed by atoms with Gasteiger partial charge in [-0.2, -0.15) is 0 Å². The van der Waals surface area contributed by atoms with Crippen molar-refractivity contribution < 1.29 is 0 Å². The second-order valence-electron chi connectivity index (χ2n) is 3.31. The average molecular weight is 210 g/mol. The summed E-state index contributed by atoms with van der Waals surface area (Å²) >= 11 is 1.75. The van der Waals surface area contributed by atoms with E-state index < -0.39 is 0 Å². The predicted octanol–water partition coefficient (Wildman–Crippen LogP) is 2.15. The quantitative estimate of drug-likeness (QED) is 0.732. The van der Waals surface area contributed by atoms with Gasteiger partial charge < -0.3 is 11.5 Å². The molecule has 0 bridgehead atoms. The first-order chi connectivity index (χ1) is 6.77. The molecule has 0 aliphatic carbocycles. The fourth-order valence-electron chi connectivity index (χ4n) is 1.36. The number of hydrogen-bond donors (Lipinski definition) is 2. The maximum atomic E-state index is 6.01. The van der Waals surface area contributed by atoms with Gasteiger partial charge in [-0.3, -0.25) is 0 Å². The minimum absolute atomic E-state index is 0.134. The molecule has 0 aliphatic rings. The largest absolute Gasteiger partial charge is 0.330 e. The van der Waals surface area contributed by atoms with E-state index in [-0.39, 0.29) is 6.04 Å². The molecule has 0 spiro atoms. The molecule has 0 saturated carbocycles. The first kappa shape index (κ1) is 11.6. The highest BCUT2D eigenvalue weighted by atomic mass is 32.2. The van der Waals surface area contributed by atoms with Crippen molar-refractivity contribution in [1.29, 1.82) is 0 Å². The Kier molecular flexibility index (Phi) is 5.01. The van der Waals surface area contributed by atoms with Crippen molar-refractivity contribution in [3.05, 3.63) is 29.8 Å². The summed E-state index contributed by atoms with van der Waals surface area (Å²) in [5.41, 5.74) is 12.7. The Labute approximate surface area is 90.1 Å². The third-order valence-electron chi connectivity index (χ3n) is 2.26. The molecule has 0 unspecified atom stereocenters. The van der Waals surface area contributed by atoms with Gasteiger partial charge in [0, 0.05) is 10.9 Å². The van der Waals surface area contributed by atoms with Crippen LogP contribution in [0, 0.1) is 0 Å². The van der Waals surface area contributed by atoms with E-state index in [4.69, 9.17) is 11.5 Å². The Morgan fingerprint density at radius 1 is 1.29 bits per heavy atom. The van der Waals surface area contributed by atoms with Gasteiger partial charge in [0.1, 0.15) is 0 Å². The molecule has 0 radical (unpaired) electrons. The van der Waals surface area contributed by atoms with Crippen molar-refractivity contribution in [3.8, 4) is 0 Å². The van der Waals surface area contributed by atoms with E-state index in [0.29, 0.717) is 0 Å². The number of hydrogen-bond acceptors (Lipinski definition) is 3. The van der Waals surface area contributed by atoms with Gasteiger partial charge in [0.25, 0.3) is 0 Å². The molecule has 0 aliphatic heterocycles. The van der Waals surface area contributed by atoms with Crippen LogP contribution in [0.1, 0.15) is 24.4 Å². The van der Waals surface area contributed by atoms with Crippen molar-refractivity contribution in [2.45, 2.75) is 23.8 Å². The number of nitrogens with two attached hydrogens (primary N) is 2. The molecule has 0 aromatic heterocycles. The van der Waals surface area contributed by atoms with Crippen LogP contribution in [0.3, 0.4) is 0 Å². The molecule has 1 rings (SSSR count). The van der Waals surface area contributed by atoms with Gasteiger partial charge in [0.05, 0.1) is 0 Å². The van der Waals surface area contributed by atoms with Crippen molar-refractivity contribution in [2.75, 3.05) is 12.8 Å². The lowest BCUT2D eigenvalue weighted by Gasteiger charge is -2.11. The van der Waals surface area contributed by atoms with E-state index >= 15 is 0 Å². The summed E-state index contributed by atoms with van der Waals surface area (Å²) in [6.07, 6.45) is 4.03. The van der Waals surface area contributed by atoms with E-state index in [9.17, 15) is 0 Å². The smallest absolute Gasteiger partial charge is 0.0295 e. The fraction of sp³-hybridized carbons (Fsp3) is 0.455. The van der Waals surface area contributed by atoms with Gasteiger partial charge in [-0.1, -0.05) is 12.1 Å². The standard InChI is InChI=1S/C11H18N2S/c1-14-10-6-4-9(5-7-10)11(13)3-2-8-12/h4-7,11H,2-3,8,12-13H2,1H3/t11-/m0/s1. The van der Waals surface area contributed by atoms with E-state index in [1.807, 2.05) is 0 Å². The summed E-state index contributed by atoms with van der Waals surface area (Å²) in [6.45, 7) is 0.719. The van der Waals surface area contributed by atoms with Crippen LogP contribution in [0.4, 0.5) is 0 Å². The topological polar surface area (TPSA) is 52.0 Å². The molecular formula is C11H18N2S. The van der Waals surface area contributed by atoms with Crippen molar-refractivity contribution in [3.63, 3.8) is 0 Å². The molecule has 1 aromatic rings. The van der Waals surface area contributed by atoms with Crippen molar-refractivity contribution in [2.24, 2.45) is 11.5 Å². The molecule has 0 saturated heterocycles. The highest BCUT2D eigenvalue weighted by molar-refractivity contribution is 7.98. The highest BCUT2D eigenvalue weighted by Crippen LogP contribution is 2.20. The molecule has 1 atom stereocenters. The van der Waals surface area contributed by atoms with E-state index in [2.05, 4.69) is 30.5 Å². The Hall–Kier alpha value is -0.510. The molecule has 1 aromatic carbocycles. The molecule has 0 fully saturated rings. The lowest BCUT2D eigenvalue weighted by molar-refractivity contribution is 0.617. The van der Waals surface area contributed by atoms with Gasteiger partial charge in [0.15, 0.2) is 0 Å². The third-order valence-corrected chi connectivity index (χ3v) is 3.01. The average Bonchev–Trinajstić information content (AvgIpc) is 2.26. The summed E-state index contributed by atoms with van der Waals surface area (Å²) in [4.78, 5) is 1.28. The zero-order valence-electron chi connectivity index (χ0n) is 8.57. The Morgan fingerprint density at radius 3 is 2.43 bits per heavy atom. The molecule has 2 nitrogen and oxygen atoms in total. The molecule has 78 valence electrons. The predicted molar refractivity (Wildman–Crippen MR) is 63.4 cm³/mol.